The minimum absolute atomic E-state index is 0.184. The molecule has 0 radical (unpaired) electrons. The van der Waals surface area contributed by atoms with E-state index in [0.717, 1.165) is 44.5 Å². The molecule has 4 nitrogen and oxygen atoms in total. The lowest BCUT2D eigenvalue weighted by molar-refractivity contribution is 0.0204. The molecular weight excluding hydrogens is 410 g/mol. The Bertz CT molecular complexity index is 1010. The van der Waals surface area contributed by atoms with Gasteiger partial charge in [-0.05, 0) is 112 Å². The molecule has 1 aliphatic heterocycles. The van der Waals surface area contributed by atoms with Crippen LogP contribution in [0.4, 0.5) is 4.79 Å². The van der Waals surface area contributed by atoms with Crippen LogP contribution in [-0.4, -0.2) is 36.8 Å². The van der Waals surface area contributed by atoms with Gasteiger partial charge in [-0.1, -0.05) is 24.3 Å². The number of hydrogen-bond donors (Lipinski definition) is 0. The Morgan fingerprint density at radius 2 is 1.76 bits per heavy atom. The van der Waals surface area contributed by atoms with Crippen LogP contribution < -0.4 is 4.74 Å². The van der Waals surface area contributed by atoms with Gasteiger partial charge >= 0.3 is 6.09 Å². The number of hydrogen-bond acceptors (Lipinski definition) is 3. The van der Waals surface area contributed by atoms with E-state index in [1.807, 2.05) is 25.7 Å². The van der Waals surface area contributed by atoms with E-state index in [2.05, 4.69) is 44.2 Å². The van der Waals surface area contributed by atoms with Crippen LogP contribution in [0, 0.1) is 13.8 Å². The topological polar surface area (TPSA) is 38.8 Å². The van der Waals surface area contributed by atoms with Gasteiger partial charge in [-0.25, -0.2) is 4.79 Å². The van der Waals surface area contributed by atoms with Gasteiger partial charge in [-0.15, -0.1) is 0 Å². The highest BCUT2D eigenvalue weighted by Crippen LogP contribution is 2.42. The molecule has 33 heavy (non-hydrogen) atoms. The zero-order valence-corrected chi connectivity index (χ0v) is 21.2. The van der Waals surface area contributed by atoms with E-state index in [4.69, 9.17) is 9.47 Å². The highest BCUT2D eigenvalue weighted by atomic mass is 16.6. The minimum atomic E-state index is -0.443. The van der Waals surface area contributed by atoms with Crippen molar-refractivity contribution in [2.24, 2.45) is 0 Å². The zero-order chi connectivity index (χ0) is 23.8. The number of carbonyl (C=O) groups excluding carboxylic acids is 1. The average molecular weight is 450 g/mol. The number of amides is 1. The van der Waals surface area contributed by atoms with Crippen molar-refractivity contribution in [2.45, 2.75) is 84.2 Å². The first kappa shape index (κ1) is 23.7. The molecule has 1 aliphatic carbocycles. The third-order valence-corrected chi connectivity index (χ3v) is 7.54. The van der Waals surface area contributed by atoms with Gasteiger partial charge in [0.15, 0.2) is 0 Å². The second kappa shape index (κ2) is 9.40. The van der Waals surface area contributed by atoms with E-state index in [1.54, 1.807) is 7.11 Å². The number of fused-ring (bicyclic) bond motifs is 1. The maximum absolute atomic E-state index is 12.4. The monoisotopic (exact) mass is 449 g/mol. The molecule has 0 bridgehead atoms. The molecule has 4 heteroatoms. The van der Waals surface area contributed by atoms with Gasteiger partial charge in [0.1, 0.15) is 11.4 Å². The van der Waals surface area contributed by atoms with E-state index in [1.165, 1.54) is 39.8 Å². The van der Waals surface area contributed by atoms with Crippen LogP contribution in [0.15, 0.2) is 30.3 Å². The number of rotatable bonds is 4. The molecule has 4 rings (SSSR count). The molecule has 1 heterocycles. The Balaban J connectivity index is 1.45. The van der Waals surface area contributed by atoms with Crippen molar-refractivity contribution in [3.8, 4) is 5.75 Å². The summed E-state index contributed by atoms with van der Waals surface area (Å²) >= 11 is 0. The normalized spacial score (nSPS) is 18.8. The van der Waals surface area contributed by atoms with Gasteiger partial charge in [0.25, 0.3) is 0 Å². The van der Waals surface area contributed by atoms with Gasteiger partial charge < -0.3 is 14.4 Å². The Morgan fingerprint density at radius 3 is 2.42 bits per heavy atom. The first-order valence-corrected chi connectivity index (χ1v) is 12.4. The van der Waals surface area contributed by atoms with Crippen molar-refractivity contribution in [3.05, 3.63) is 63.7 Å². The number of methoxy groups -OCH3 is 1. The molecular formula is C29H39NO3. The number of aryl methyl sites for hydroxylation is 1. The average Bonchev–Trinajstić information content (AvgIpc) is 3.19. The highest BCUT2D eigenvalue weighted by Gasteiger charge is 2.30. The van der Waals surface area contributed by atoms with Crippen LogP contribution >= 0.6 is 0 Å². The third kappa shape index (κ3) is 5.05. The number of carbonyl (C=O) groups is 1. The zero-order valence-electron chi connectivity index (χ0n) is 21.2. The van der Waals surface area contributed by atoms with Crippen LogP contribution in [0.2, 0.25) is 0 Å². The van der Waals surface area contributed by atoms with Gasteiger partial charge in [-0.3, -0.25) is 0 Å². The maximum atomic E-state index is 12.4. The van der Waals surface area contributed by atoms with Crippen molar-refractivity contribution in [1.82, 2.24) is 4.90 Å². The minimum Gasteiger partial charge on any atom is -0.496 e. The molecule has 1 saturated heterocycles. The molecule has 0 spiro atoms. The van der Waals surface area contributed by atoms with E-state index >= 15 is 0 Å². The Labute approximate surface area is 199 Å². The van der Waals surface area contributed by atoms with E-state index in [-0.39, 0.29) is 6.09 Å². The Morgan fingerprint density at radius 1 is 1.03 bits per heavy atom. The van der Waals surface area contributed by atoms with Crippen LogP contribution in [0.5, 0.6) is 5.75 Å². The van der Waals surface area contributed by atoms with Gasteiger partial charge in [0.05, 0.1) is 7.11 Å². The standard InChI is InChI=1S/C29H39NO3/c1-19-20(2)25(21-14-16-30(17-15-21)28(31)33-29(3,4)5)13-12-23(19)18-24-11-10-22-8-7-9-26(32-6)27(22)24/h7-9,12-13,21,24H,10-11,14-18H2,1-6H3. The fourth-order valence-electron chi connectivity index (χ4n) is 5.65. The molecule has 0 aromatic heterocycles. The summed E-state index contributed by atoms with van der Waals surface area (Å²) in [7, 11) is 1.78. The highest BCUT2D eigenvalue weighted by molar-refractivity contribution is 5.68. The lowest BCUT2D eigenvalue weighted by Crippen LogP contribution is -2.41. The lowest BCUT2D eigenvalue weighted by atomic mass is 9.82. The summed E-state index contributed by atoms with van der Waals surface area (Å²) in [5.74, 6) is 2.07. The smallest absolute Gasteiger partial charge is 0.410 e. The summed E-state index contributed by atoms with van der Waals surface area (Å²) in [6.45, 7) is 11.8. The third-order valence-electron chi connectivity index (χ3n) is 7.54. The van der Waals surface area contributed by atoms with Gasteiger partial charge in [-0.2, -0.15) is 0 Å². The largest absolute Gasteiger partial charge is 0.496 e. The van der Waals surface area contributed by atoms with Crippen LogP contribution in [0.1, 0.15) is 85.3 Å². The van der Waals surface area contributed by atoms with Crippen LogP contribution in [0.25, 0.3) is 0 Å². The second-order valence-corrected chi connectivity index (χ2v) is 10.8. The molecule has 1 atom stereocenters. The second-order valence-electron chi connectivity index (χ2n) is 10.8. The molecule has 2 aliphatic rings. The molecule has 2 aromatic rings. The number of piperidine rings is 1. The molecule has 2 aromatic carbocycles. The van der Waals surface area contributed by atoms with Crippen molar-refractivity contribution in [2.75, 3.05) is 20.2 Å². The van der Waals surface area contributed by atoms with Gasteiger partial charge in [0.2, 0.25) is 0 Å². The first-order chi connectivity index (χ1) is 15.7. The summed E-state index contributed by atoms with van der Waals surface area (Å²) < 4.78 is 11.3. The Hall–Kier alpha value is -2.49. The number of likely N-dealkylation sites (tertiary alicyclic amines) is 1. The lowest BCUT2D eigenvalue weighted by Gasteiger charge is -2.34. The Kier molecular flexibility index (Phi) is 6.74. The number of ether oxygens (including phenoxy) is 2. The first-order valence-electron chi connectivity index (χ1n) is 12.4. The molecule has 1 fully saturated rings. The predicted molar refractivity (Wildman–Crippen MR) is 133 cm³/mol. The number of benzene rings is 2. The predicted octanol–water partition coefficient (Wildman–Crippen LogP) is 6.70. The van der Waals surface area contributed by atoms with Crippen molar-refractivity contribution >= 4 is 6.09 Å². The van der Waals surface area contributed by atoms with Crippen molar-refractivity contribution in [1.29, 1.82) is 0 Å². The van der Waals surface area contributed by atoms with Crippen molar-refractivity contribution < 1.29 is 14.3 Å². The van der Waals surface area contributed by atoms with Crippen molar-refractivity contribution in [3.63, 3.8) is 0 Å². The quantitative estimate of drug-likeness (QED) is 0.521. The van der Waals surface area contributed by atoms with Crippen LogP contribution in [0.3, 0.4) is 0 Å². The summed E-state index contributed by atoms with van der Waals surface area (Å²) in [6.07, 6.45) is 5.20. The molecule has 1 amide bonds. The molecule has 178 valence electrons. The fourth-order valence-corrected chi connectivity index (χ4v) is 5.65. The summed E-state index contributed by atoms with van der Waals surface area (Å²) in [5.41, 5.74) is 8.15. The van der Waals surface area contributed by atoms with Gasteiger partial charge in [0, 0.05) is 18.7 Å². The molecule has 0 N–H and O–H groups in total. The molecule has 0 saturated carbocycles. The summed E-state index contributed by atoms with van der Waals surface area (Å²) in [4.78, 5) is 14.3. The number of nitrogens with zero attached hydrogens (tertiary/aromatic N) is 1. The summed E-state index contributed by atoms with van der Waals surface area (Å²) in [6, 6.07) is 11.2. The SMILES string of the molecule is COc1cccc2c1C(Cc1ccc(C3CCN(C(=O)OC(C)(C)C)CC3)c(C)c1C)CC2. The maximum Gasteiger partial charge on any atom is 0.410 e. The van der Waals surface area contributed by atoms with E-state index < -0.39 is 5.60 Å². The van der Waals surface area contributed by atoms with E-state index in [9.17, 15) is 4.79 Å². The van der Waals surface area contributed by atoms with Crippen LogP contribution in [-0.2, 0) is 17.6 Å². The fraction of sp³-hybridized carbons (Fsp3) is 0.552. The summed E-state index contributed by atoms with van der Waals surface area (Å²) in [5, 5.41) is 0. The molecule has 1 unspecified atom stereocenters. The van der Waals surface area contributed by atoms with E-state index in [0.29, 0.717) is 11.8 Å².